The highest BCUT2D eigenvalue weighted by Gasteiger charge is 2.32. The van der Waals surface area contributed by atoms with Crippen LogP contribution in [-0.4, -0.2) is 62.5 Å². The lowest BCUT2D eigenvalue weighted by Gasteiger charge is -2.28. The largest absolute Gasteiger partial charge is 0.442 e. The van der Waals surface area contributed by atoms with Gasteiger partial charge in [-0.3, -0.25) is 9.69 Å². The highest BCUT2D eigenvalue weighted by Crippen LogP contribution is 2.23. The van der Waals surface area contributed by atoms with Crippen LogP contribution >= 0.6 is 0 Å². The minimum Gasteiger partial charge on any atom is -0.442 e. The van der Waals surface area contributed by atoms with E-state index in [-0.39, 0.29) is 12.0 Å². The van der Waals surface area contributed by atoms with Crippen LogP contribution in [-0.2, 0) is 14.3 Å². The first-order valence-electron chi connectivity index (χ1n) is 9.06. The zero-order chi connectivity index (χ0) is 18.5. The first kappa shape index (κ1) is 18.4. The number of hydrogen-bond donors (Lipinski definition) is 1. The lowest BCUT2D eigenvalue weighted by Crippen LogP contribution is -2.36. The summed E-state index contributed by atoms with van der Waals surface area (Å²) in [5, 5.41) is 2.82. The lowest BCUT2D eigenvalue weighted by molar-refractivity contribution is -0.122. The summed E-state index contributed by atoms with van der Waals surface area (Å²) in [5.41, 5.74) is 0.697. The monoisotopic (exact) mass is 362 g/mol. The second kappa shape index (κ2) is 8.35. The summed E-state index contributed by atoms with van der Waals surface area (Å²) in [6.45, 7) is 7.74. The minimum absolute atomic E-state index is 0.0222. The molecule has 3 rings (SSSR count). The number of hydrogen-bond acceptors (Lipinski definition) is 6. The Morgan fingerprint density at radius 1 is 1.35 bits per heavy atom. The molecule has 0 radical (unpaired) electrons. The smallest absolute Gasteiger partial charge is 0.414 e. The van der Waals surface area contributed by atoms with Crippen molar-refractivity contribution in [2.75, 3.05) is 49.2 Å². The molecule has 1 atom stereocenters. The molecule has 0 spiro atoms. The van der Waals surface area contributed by atoms with Crippen LogP contribution in [0, 0.1) is 5.92 Å². The Bertz CT molecular complexity index is 629. The molecule has 2 fully saturated rings. The van der Waals surface area contributed by atoms with E-state index >= 15 is 0 Å². The zero-order valence-electron chi connectivity index (χ0n) is 15.3. The number of amides is 2. The van der Waals surface area contributed by atoms with Crippen molar-refractivity contribution >= 4 is 23.5 Å². The third-order valence-electron chi connectivity index (χ3n) is 4.37. The second-order valence-corrected chi connectivity index (χ2v) is 6.99. The highest BCUT2D eigenvalue weighted by atomic mass is 16.6. The number of carbonyl (C=O) groups is 2. The maximum Gasteiger partial charge on any atom is 0.414 e. The van der Waals surface area contributed by atoms with Gasteiger partial charge in [-0.05, 0) is 18.1 Å². The zero-order valence-corrected chi connectivity index (χ0v) is 15.3. The molecule has 2 amide bonds. The molecule has 26 heavy (non-hydrogen) atoms. The molecule has 2 aliphatic rings. The molecule has 8 heteroatoms. The molecule has 2 aliphatic heterocycles. The number of anilines is 2. The van der Waals surface area contributed by atoms with E-state index in [1.807, 2.05) is 26.0 Å². The Morgan fingerprint density at radius 2 is 2.12 bits per heavy atom. The van der Waals surface area contributed by atoms with Crippen LogP contribution in [0.15, 0.2) is 18.3 Å². The van der Waals surface area contributed by atoms with E-state index in [0.29, 0.717) is 44.3 Å². The molecule has 3 heterocycles. The van der Waals surface area contributed by atoms with Crippen LogP contribution in [0.5, 0.6) is 0 Å². The minimum atomic E-state index is -0.408. The van der Waals surface area contributed by atoms with E-state index in [9.17, 15) is 9.59 Å². The van der Waals surface area contributed by atoms with Crippen LogP contribution in [0.4, 0.5) is 16.3 Å². The fourth-order valence-corrected chi connectivity index (χ4v) is 3.03. The van der Waals surface area contributed by atoms with Gasteiger partial charge in [-0.2, -0.15) is 0 Å². The topological polar surface area (TPSA) is 84.0 Å². The number of pyridine rings is 1. The Kier molecular flexibility index (Phi) is 5.92. The molecule has 2 saturated heterocycles. The number of cyclic esters (lactones) is 1. The standard InChI is InChI=1S/C18H26N4O4/c1-13(2)9-17(23)20-11-15-12-22(18(24)26-15)14-3-4-16(19-10-14)21-5-7-25-8-6-21/h3-4,10,13,15H,5-9,11-12H2,1-2H3,(H,20,23)/t15-/m0/s1. The molecular formula is C18H26N4O4. The molecule has 0 unspecified atom stereocenters. The SMILES string of the molecule is CC(C)CC(=O)NC[C@H]1CN(c2ccc(N3CCOCC3)nc2)C(=O)O1. The second-order valence-electron chi connectivity index (χ2n) is 6.99. The van der Waals surface area contributed by atoms with Gasteiger partial charge in [0.05, 0.1) is 38.2 Å². The maximum atomic E-state index is 12.1. The van der Waals surface area contributed by atoms with E-state index in [1.54, 1.807) is 11.1 Å². The summed E-state index contributed by atoms with van der Waals surface area (Å²) in [5.74, 6) is 1.15. The summed E-state index contributed by atoms with van der Waals surface area (Å²) in [7, 11) is 0. The van der Waals surface area contributed by atoms with Crippen molar-refractivity contribution in [3.8, 4) is 0 Å². The number of carbonyl (C=O) groups excluding carboxylic acids is 2. The summed E-state index contributed by atoms with van der Waals surface area (Å²) >= 11 is 0. The van der Waals surface area contributed by atoms with Gasteiger partial charge in [0.1, 0.15) is 11.9 Å². The van der Waals surface area contributed by atoms with Crippen molar-refractivity contribution in [1.82, 2.24) is 10.3 Å². The summed E-state index contributed by atoms with van der Waals surface area (Å²) in [4.78, 5) is 32.0. The molecule has 0 saturated carbocycles. The van der Waals surface area contributed by atoms with Crippen LogP contribution in [0.3, 0.4) is 0 Å². The van der Waals surface area contributed by atoms with Gasteiger partial charge in [-0.25, -0.2) is 9.78 Å². The first-order valence-corrected chi connectivity index (χ1v) is 9.06. The number of nitrogens with one attached hydrogen (secondary N) is 1. The Labute approximate surface area is 153 Å². The van der Waals surface area contributed by atoms with E-state index < -0.39 is 6.09 Å². The first-order chi connectivity index (χ1) is 12.5. The van der Waals surface area contributed by atoms with Gasteiger partial charge in [0.2, 0.25) is 5.91 Å². The molecule has 0 aromatic carbocycles. The summed E-state index contributed by atoms with van der Waals surface area (Å²) in [6.07, 6.45) is 1.40. The average molecular weight is 362 g/mol. The van der Waals surface area contributed by atoms with E-state index in [1.165, 1.54) is 0 Å². The molecule has 0 bridgehead atoms. The number of aromatic nitrogens is 1. The van der Waals surface area contributed by atoms with Gasteiger partial charge in [0, 0.05) is 19.5 Å². The van der Waals surface area contributed by atoms with Crippen molar-refractivity contribution < 1.29 is 19.1 Å². The quantitative estimate of drug-likeness (QED) is 0.824. The van der Waals surface area contributed by atoms with Crippen molar-refractivity contribution in [2.24, 2.45) is 5.92 Å². The number of rotatable bonds is 6. The summed E-state index contributed by atoms with van der Waals surface area (Å²) in [6, 6.07) is 3.78. The molecule has 8 nitrogen and oxygen atoms in total. The molecule has 1 N–H and O–H groups in total. The van der Waals surface area contributed by atoms with Crippen LogP contribution < -0.4 is 15.1 Å². The van der Waals surface area contributed by atoms with Gasteiger partial charge >= 0.3 is 6.09 Å². The Morgan fingerprint density at radius 3 is 2.77 bits per heavy atom. The van der Waals surface area contributed by atoms with Crippen molar-refractivity contribution in [1.29, 1.82) is 0 Å². The van der Waals surface area contributed by atoms with E-state index in [0.717, 1.165) is 18.9 Å². The van der Waals surface area contributed by atoms with Crippen LogP contribution in [0.25, 0.3) is 0 Å². The Hall–Kier alpha value is -2.35. The molecule has 1 aromatic heterocycles. The van der Waals surface area contributed by atoms with E-state index in [4.69, 9.17) is 9.47 Å². The van der Waals surface area contributed by atoms with Gasteiger partial charge in [0.25, 0.3) is 0 Å². The predicted octanol–water partition coefficient (Wildman–Crippen LogP) is 1.41. The van der Waals surface area contributed by atoms with Crippen molar-refractivity contribution in [3.63, 3.8) is 0 Å². The van der Waals surface area contributed by atoms with Gasteiger partial charge in [-0.1, -0.05) is 13.8 Å². The third kappa shape index (κ3) is 4.63. The fourth-order valence-electron chi connectivity index (χ4n) is 3.03. The average Bonchev–Trinajstić information content (AvgIpc) is 3.01. The van der Waals surface area contributed by atoms with Gasteiger partial charge in [-0.15, -0.1) is 0 Å². The number of morpholine rings is 1. The normalized spacial score (nSPS) is 20.4. The molecule has 0 aliphatic carbocycles. The molecular weight excluding hydrogens is 336 g/mol. The maximum absolute atomic E-state index is 12.1. The summed E-state index contributed by atoms with van der Waals surface area (Å²) < 4.78 is 10.7. The predicted molar refractivity (Wildman–Crippen MR) is 97.3 cm³/mol. The Balaban J connectivity index is 1.54. The number of nitrogens with zero attached hydrogens (tertiary/aromatic N) is 3. The van der Waals surface area contributed by atoms with Crippen molar-refractivity contribution in [3.05, 3.63) is 18.3 Å². The molecule has 142 valence electrons. The number of ether oxygens (including phenoxy) is 2. The highest BCUT2D eigenvalue weighted by molar-refractivity contribution is 5.89. The van der Waals surface area contributed by atoms with Crippen LogP contribution in [0.1, 0.15) is 20.3 Å². The van der Waals surface area contributed by atoms with Gasteiger partial charge < -0.3 is 19.7 Å². The lowest BCUT2D eigenvalue weighted by atomic mass is 10.1. The van der Waals surface area contributed by atoms with Gasteiger partial charge in [0.15, 0.2) is 0 Å². The van der Waals surface area contributed by atoms with E-state index in [2.05, 4.69) is 15.2 Å². The van der Waals surface area contributed by atoms with Crippen LogP contribution in [0.2, 0.25) is 0 Å². The third-order valence-corrected chi connectivity index (χ3v) is 4.37. The molecule has 1 aromatic rings. The fraction of sp³-hybridized carbons (Fsp3) is 0.611. The van der Waals surface area contributed by atoms with Crippen molar-refractivity contribution in [2.45, 2.75) is 26.4 Å².